The van der Waals surface area contributed by atoms with Crippen molar-refractivity contribution in [2.24, 2.45) is 0 Å². The van der Waals surface area contributed by atoms with Gasteiger partial charge in [-0.05, 0) is 29.6 Å². The van der Waals surface area contributed by atoms with E-state index in [0.29, 0.717) is 0 Å². The molecule has 0 radical (unpaired) electrons. The van der Waals surface area contributed by atoms with E-state index in [-0.39, 0.29) is 12.8 Å². The van der Waals surface area contributed by atoms with E-state index in [2.05, 4.69) is 0 Å². The molecule has 2 unspecified atom stereocenters. The lowest BCUT2D eigenvalue weighted by molar-refractivity contribution is -0.113. The molecule has 6 nitrogen and oxygen atoms in total. The van der Waals surface area contributed by atoms with Gasteiger partial charge in [0.25, 0.3) is 0 Å². The molecule has 0 fully saturated rings. The van der Waals surface area contributed by atoms with Gasteiger partial charge in [0.15, 0.2) is 10.7 Å². The molecule has 0 aliphatic rings. The van der Waals surface area contributed by atoms with Crippen molar-refractivity contribution >= 4 is 55.1 Å². The Morgan fingerprint density at radius 3 is 1.75 bits per heavy atom. The summed E-state index contributed by atoms with van der Waals surface area (Å²) in [5.74, 6) is 0. The van der Waals surface area contributed by atoms with E-state index in [4.69, 9.17) is 23.2 Å². The number of hydrogen-bond donors (Lipinski definition) is 2. The van der Waals surface area contributed by atoms with Crippen LogP contribution in [-0.4, -0.2) is 37.8 Å². The zero-order valence-corrected chi connectivity index (χ0v) is 11.0. The summed E-state index contributed by atoms with van der Waals surface area (Å²) in [5.41, 5.74) is 0. The van der Waals surface area contributed by atoms with Gasteiger partial charge in [-0.1, -0.05) is 0 Å². The molecule has 94 valence electrons. The van der Waals surface area contributed by atoms with Crippen LogP contribution in [0.15, 0.2) is 0 Å². The van der Waals surface area contributed by atoms with Crippen molar-refractivity contribution in [1.29, 1.82) is 0 Å². The minimum Gasteiger partial charge on any atom is -0.281 e. The van der Waals surface area contributed by atoms with Gasteiger partial charge in [0, 0.05) is 6.42 Å². The minimum atomic E-state index is -3.33. The Morgan fingerprint density at radius 2 is 1.50 bits per heavy atom. The molecule has 0 spiro atoms. The molecule has 0 saturated carbocycles. The zero-order valence-electron chi connectivity index (χ0n) is 7.67. The fourth-order valence-electron chi connectivity index (χ4n) is 1.01. The number of thiol groups is 2. The Labute approximate surface area is 105 Å². The highest BCUT2D eigenvalue weighted by molar-refractivity contribution is 7.78. The second-order valence-electron chi connectivity index (χ2n) is 2.78. The minimum absolute atomic E-state index is 0.348. The first kappa shape index (κ1) is 15.8. The molecule has 10 heteroatoms. The van der Waals surface area contributed by atoms with Crippen LogP contribution in [0.4, 0.5) is 0 Å². The fraction of sp³-hybridized carbons (Fsp3) is 0.667. The summed E-state index contributed by atoms with van der Waals surface area (Å²) in [6.45, 7) is 0. The highest BCUT2D eigenvalue weighted by Crippen LogP contribution is 2.13. The van der Waals surface area contributed by atoms with E-state index < -0.39 is 42.4 Å². The lowest BCUT2D eigenvalue weighted by atomic mass is 10.2. The quantitative estimate of drug-likeness (QED) is 0.474. The van der Waals surface area contributed by atoms with Crippen LogP contribution in [0.25, 0.3) is 0 Å². The highest BCUT2D eigenvalue weighted by Gasteiger charge is 2.32. The Morgan fingerprint density at radius 1 is 1.00 bits per heavy atom. The topological polar surface area (TPSA) is 102 Å². The van der Waals surface area contributed by atoms with Crippen LogP contribution in [0, 0.1) is 0 Å². The van der Waals surface area contributed by atoms with Gasteiger partial charge >= 0.3 is 0 Å². The smallest absolute Gasteiger partial charge is 0.240 e. The first-order valence-corrected chi connectivity index (χ1v) is 7.17. The van der Waals surface area contributed by atoms with E-state index in [1.807, 2.05) is 0 Å². The molecule has 0 amide bonds. The summed E-state index contributed by atoms with van der Waals surface area (Å²) in [5, 5.41) is -5.47. The Kier molecular flexibility index (Phi) is 7.12. The van der Waals surface area contributed by atoms with E-state index >= 15 is 0 Å². The fourth-order valence-corrected chi connectivity index (χ4v) is 3.56. The first-order valence-electron chi connectivity index (χ1n) is 3.92. The molecule has 0 aromatic heterocycles. The summed E-state index contributed by atoms with van der Waals surface area (Å²) >= 11 is 9.97. The third-order valence-electron chi connectivity index (χ3n) is 1.73. The Balaban J connectivity index is 5.01. The summed E-state index contributed by atoms with van der Waals surface area (Å²) in [7, 11) is -6.52. The van der Waals surface area contributed by atoms with Crippen LogP contribution in [0.2, 0.25) is 0 Å². The van der Waals surface area contributed by atoms with Gasteiger partial charge in [-0.15, -0.1) is 0 Å². The average Bonchev–Trinajstić information content (AvgIpc) is 2.09. The monoisotopic (exact) mass is 310 g/mol. The molecule has 0 N–H and O–H groups in total. The van der Waals surface area contributed by atoms with Crippen LogP contribution >= 0.6 is 23.2 Å². The van der Waals surface area contributed by atoms with Crippen LogP contribution in [0.1, 0.15) is 12.8 Å². The molecule has 0 aromatic carbocycles. The predicted molar refractivity (Wildman–Crippen MR) is 59.2 cm³/mol. The summed E-state index contributed by atoms with van der Waals surface area (Å²) in [6, 6.07) is 0. The maximum atomic E-state index is 10.8. The van der Waals surface area contributed by atoms with E-state index in [1.165, 1.54) is 0 Å². The highest BCUT2D eigenvalue weighted by atomic mass is 35.5. The zero-order chi connectivity index (χ0) is 12.9. The Hall–Kier alpha value is -0.180. The van der Waals surface area contributed by atoms with Gasteiger partial charge in [0.2, 0.25) is 10.5 Å². The van der Waals surface area contributed by atoms with Crippen molar-refractivity contribution in [2.45, 2.75) is 23.3 Å². The second-order valence-corrected chi connectivity index (χ2v) is 5.94. The summed E-state index contributed by atoms with van der Waals surface area (Å²) in [6.07, 6.45) is -0.702. The van der Waals surface area contributed by atoms with Gasteiger partial charge in [-0.3, -0.25) is 9.59 Å². The van der Waals surface area contributed by atoms with E-state index in [1.54, 1.807) is 0 Å². The molecule has 0 aliphatic carbocycles. The van der Waals surface area contributed by atoms with Crippen molar-refractivity contribution in [1.82, 2.24) is 0 Å². The normalized spacial score (nSPS) is 15.0. The number of halogens is 2. The average molecular weight is 311 g/mol. The standard InChI is InChI=1S/C6H8Cl2O6S2/c7-4(9)2-1-3(15(11)12)5(6(8)10)16(13)14/h3,5,15-16H,1-2H2. The molecule has 0 saturated heterocycles. The van der Waals surface area contributed by atoms with Gasteiger partial charge in [-0.2, -0.15) is 0 Å². The van der Waals surface area contributed by atoms with Gasteiger partial charge in [0.05, 0.1) is 5.25 Å². The number of carbonyl (C=O) groups is 2. The predicted octanol–water partition coefficient (Wildman–Crippen LogP) is -0.743. The number of hydrogen-bond acceptors (Lipinski definition) is 6. The van der Waals surface area contributed by atoms with Crippen molar-refractivity contribution in [3.63, 3.8) is 0 Å². The van der Waals surface area contributed by atoms with Crippen LogP contribution in [-0.2, 0) is 31.0 Å². The number of carbonyl (C=O) groups excluding carboxylic acids is 2. The maximum absolute atomic E-state index is 10.8. The molecule has 0 rings (SSSR count). The molecule has 2 atom stereocenters. The van der Waals surface area contributed by atoms with Crippen molar-refractivity contribution in [3.8, 4) is 0 Å². The third kappa shape index (κ3) is 5.24. The van der Waals surface area contributed by atoms with Gasteiger partial charge < -0.3 is 0 Å². The van der Waals surface area contributed by atoms with Crippen LogP contribution in [0.5, 0.6) is 0 Å². The van der Waals surface area contributed by atoms with E-state index in [0.717, 1.165) is 0 Å². The lowest BCUT2D eigenvalue weighted by Crippen LogP contribution is -2.34. The summed E-state index contributed by atoms with van der Waals surface area (Å²) in [4.78, 5) is 21.2. The van der Waals surface area contributed by atoms with Gasteiger partial charge in [-0.25, -0.2) is 16.8 Å². The molecule has 0 aromatic rings. The van der Waals surface area contributed by atoms with Crippen molar-refractivity contribution in [2.75, 3.05) is 0 Å². The third-order valence-corrected chi connectivity index (χ3v) is 4.69. The van der Waals surface area contributed by atoms with Crippen LogP contribution < -0.4 is 0 Å². The Bertz CT molecular complexity index is 411. The molecule has 0 bridgehead atoms. The molecular formula is C6H8Cl2O6S2. The lowest BCUT2D eigenvalue weighted by Gasteiger charge is -2.12. The SMILES string of the molecule is O=C(Cl)CCC(C(C(=O)Cl)[SH](=O)=O)[SH](=O)=O. The first-order chi connectivity index (χ1) is 7.27. The number of rotatable bonds is 7. The van der Waals surface area contributed by atoms with Crippen LogP contribution in [0.3, 0.4) is 0 Å². The van der Waals surface area contributed by atoms with Crippen molar-refractivity contribution < 1.29 is 26.4 Å². The summed E-state index contributed by atoms with van der Waals surface area (Å²) < 4.78 is 42.9. The van der Waals surface area contributed by atoms with E-state index in [9.17, 15) is 26.4 Å². The second kappa shape index (κ2) is 7.21. The van der Waals surface area contributed by atoms with Gasteiger partial charge in [0.1, 0.15) is 16.0 Å². The maximum Gasteiger partial charge on any atom is 0.240 e. The van der Waals surface area contributed by atoms with Crippen molar-refractivity contribution in [3.05, 3.63) is 0 Å². The largest absolute Gasteiger partial charge is 0.281 e. The molecule has 0 heterocycles. The molecular weight excluding hydrogens is 303 g/mol. The molecule has 0 aliphatic heterocycles. The molecule has 16 heavy (non-hydrogen) atoms.